The fourth-order valence-corrected chi connectivity index (χ4v) is 3.17. The molecule has 1 saturated heterocycles. The molecule has 120 valence electrons. The van der Waals surface area contributed by atoms with Crippen LogP contribution in [0.2, 0.25) is 0 Å². The van der Waals surface area contributed by atoms with Crippen molar-refractivity contribution in [3.05, 3.63) is 35.6 Å². The maximum absolute atomic E-state index is 13.3. The van der Waals surface area contributed by atoms with Gasteiger partial charge in [0.15, 0.2) is 0 Å². The lowest BCUT2D eigenvalue weighted by molar-refractivity contribution is 0.0924. The molecule has 4 rings (SSSR count). The SMILES string of the molecule is N=C1C(c2nc3ccc(F)cc3[nH]2)=C(O)CN1CC1CCCO1. The molecule has 2 aromatic rings. The van der Waals surface area contributed by atoms with Gasteiger partial charge in [0.25, 0.3) is 0 Å². The summed E-state index contributed by atoms with van der Waals surface area (Å²) in [6.07, 6.45) is 2.11. The average molecular weight is 316 g/mol. The summed E-state index contributed by atoms with van der Waals surface area (Å²) in [6.45, 7) is 1.62. The number of amidine groups is 1. The van der Waals surface area contributed by atoms with Crippen LogP contribution in [0.5, 0.6) is 0 Å². The fraction of sp³-hybridized carbons (Fsp3) is 0.375. The molecule has 0 aliphatic carbocycles. The van der Waals surface area contributed by atoms with E-state index in [0.29, 0.717) is 29.0 Å². The molecule has 0 amide bonds. The minimum absolute atomic E-state index is 0.104. The Balaban J connectivity index is 1.61. The monoisotopic (exact) mass is 316 g/mol. The Bertz CT molecular complexity index is 808. The number of H-pyrrole nitrogens is 1. The third-order valence-electron chi connectivity index (χ3n) is 4.31. The molecule has 3 N–H and O–H groups in total. The van der Waals surface area contributed by atoms with Crippen LogP contribution in [-0.4, -0.2) is 51.6 Å². The largest absolute Gasteiger partial charge is 0.510 e. The summed E-state index contributed by atoms with van der Waals surface area (Å²) < 4.78 is 18.9. The number of rotatable bonds is 3. The van der Waals surface area contributed by atoms with Gasteiger partial charge in [-0.1, -0.05) is 0 Å². The van der Waals surface area contributed by atoms with Crippen LogP contribution in [0.4, 0.5) is 4.39 Å². The molecule has 2 aliphatic heterocycles. The van der Waals surface area contributed by atoms with Gasteiger partial charge in [-0.3, -0.25) is 5.41 Å². The Kier molecular flexibility index (Phi) is 3.30. The highest BCUT2D eigenvalue weighted by atomic mass is 19.1. The standard InChI is InChI=1S/C16H17FN4O2/c17-9-3-4-11-12(6-9)20-16(19-11)14-13(22)8-21(15(14)18)7-10-2-1-5-23-10/h3-4,6,10,18,22H,1-2,5,7-8H2,(H,19,20). The number of benzene rings is 1. The zero-order valence-electron chi connectivity index (χ0n) is 12.5. The molecular formula is C16H17FN4O2. The van der Waals surface area contributed by atoms with E-state index in [1.807, 2.05) is 0 Å². The van der Waals surface area contributed by atoms with E-state index in [1.165, 1.54) is 12.1 Å². The first-order valence-corrected chi connectivity index (χ1v) is 7.65. The van der Waals surface area contributed by atoms with Crippen LogP contribution in [0.25, 0.3) is 16.6 Å². The Morgan fingerprint density at radius 2 is 2.35 bits per heavy atom. The quantitative estimate of drug-likeness (QED) is 0.812. The number of nitrogens with zero attached hydrogens (tertiary/aromatic N) is 2. The molecule has 23 heavy (non-hydrogen) atoms. The Morgan fingerprint density at radius 3 is 3.13 bits per heavy atom. The summed E-state index contributed by atoms with van der Waals surface area (Å²) in [7, 11) is 0. The highest BCUT2D eigenvalue weighted by molar-refractivity contribution is 6.23. The number of aromatic nitrogens is 2. The number of hydrogen-bond donors (Lipinski definition) is 3. The number of ether oxygens (including phenoxy) is 1. The lowest BCUT2D eigenvalue weighted by Crippen LogP contribution is -2.34. The van der Waals surface area contributed by atoms with Crippen molar-refractivity contribution in [3.63, 3.8) is 0 Å². The van der Waals surface area contributed by atoms with Crippen LogP contribution in [0, 0.1) is 11.2 Å². The van der Waals surface area contributed by atoms with Crippen molar-refractivity contribution in [2.75, 3.05) is 19.7 Å². The van der Waals surface area contributed by atoms with Gasteiger partial charge in [0.05, 0.1) is 29.3 Å². The molecule has 1 fully saturated rings. The van der Waals surface area contributed by atoms with Crippen LogP contribution < -0.4 is 0 Å². The van der Waals surface area contributed by atoms with Crippen LogP contribution in [0.1, 0.15) is 18.7 Å². The summed E-state index contributed by atoms with van der Waals surface area (Å²) in [5, 5.41) is 18.6. The van der Waals surface area contributed by atoms with Gasteiger partial charge in [0.2, 0.25) is 0 Å². The molecular weight excluding hydrogens is 299 g/mol. The first-order chi connectivity index (χ1) is 11.1. The molecule has 1 atom stereocenters. The second-order valence-electron chi connectivity index (χ2n) is 5.93. The zero-order chi connectivity index (χ0) is 16.0. The Labute approximate surface area is 132 Å². The van der Waals surface area contributed by atoms with Crippen molar-refractivity contribution in [2.24, 2.45) is 0 Å². The topological polar surface area (TPSA) is 85.2 Å². The molecule has 0 radical (unpaired) electrons. The van der Waals surface area contributed by atoms with Crippen molar-refractivity contribution in [1.82, 2.24) is 14.9 Å². The maximum Gasteiger partial charge on any atom is 0.145 e. The van der Waals surface area contributed by atoms with E-state index in [4.69, 9.17) is 10.1 Å². The van der Waals surface area contributed by atoms with Crippen LogP contribution in [0.15, 0.2) is 24.0 Å². The second-order valence-corrected chi connectivity index (χ2v) is 5.93. The smallest absolute Gasteiger partial charge is 0.145 e. The van der Waals surface area contributed by atoms with Gasteiger partial charge in [-0.15, -0.1) is 0 Å². The number of fused-ring (bicyclic) bond motifs is 1. The molecule has 1 aromatic heterocycles. The maximum atomic E-state index is 13.3. The van der Waals surface area contributed by atoms with Crippen molar-refractivity contribution < 1.29 is 14.2 Å². The van der Waals surface area contributed by atoms with E-state index in [9.17, 15) is 9.50 Å². The predicted octanol–water partition coefficient (Wildman–Crippen LogP) is 2.44. The average Bonchev–Trinajstić information content (AvgIpc) is 3.20. The number of aliphatic hydroxyl groups is 1. The summed E-state index contributed by atoms with van der Waals surface area (Å²) >= 11 is 0. The molecule has 1 unspecified atom stereocenters. The van der Waals surface area contributed by atoms with Gasteiger partial charge in [0, 0.05) is 13.2 Å². The van der Waals surface area contributed by atoms with E-state index >= 15 is 0 Å². The molecule has 0 saturated carbocycles. The number of imidazole rings is 1. The molecule has 3 heterocycles. The molecule has 6 nitrogen and oxygen atoms in total. The second kappa shape index (κ2) is 5.34. The van der Waals surface area contributed by atoms with Crippen molar-refractivity contribution in [2.45, 2.75) is 18.9 Å². The molecule has 2 aliphatic rings. The lowest BCUT2D eigenvalue weighted by atomic mass is 10.2. The zero-order valence-corrected chi connectivity index (χ0v) is 12.5. The van der Waals surface area contributed by atoms with E-state index in [-0.39, 0.29) is 30.1 Å². The van der Waals surface area contributed by atoms with Gasteiger partial charge in [-0.2, -0.15) is 0 Å². The normalized spacial score (nSPS) is 21.9. The van der Waals surface area contributed by atoms with Crippen molar-refractivity contribution in [3.8, 4) is 0 Å². The Morgan fingerprint density at radius 1 is 1.48 bits per heavy atom. The van der Waals surface area contributed by atoms with Gasteiger partial charge >= 0.3 is 0 Å². The van der Waals surface area contributed by atoms with Gasteiger partial charge < -0.3 is 19.7 Å². The minimum Gasteiger partial charge on any atom is -0.510 e. The number of halogens is 1. The summed E-state index contributed by atoms with van der Waals surface area (Å²) in [4.78, 5) is 9.14. The molecule has 0 bridgehead atoms. The van der Waals surface area contributed by atoms with Crippen LogP contribution in [-0.2, 0) is 4.74 Å². The van der Waals surface area contributed by atoms with Gasteiger partial charge in [-0.25, -0.2) is 9.37 Å². The number of hydrogen-bond acceptors (Lipinski definition) is 4. The van der Waals surface area contributed by atoms with Crippen molar-refractivity contribution in [1.29, 1.82) is 5.41 Å². The Hall–Kier alpha value is -2.41. The molecule has 7 heteroatoms. The van der Waals surface area contributed by atoms with Crippen LogP contribution in [0.3, 0.4) is 0 Å². The first-order valence-electron chi connectivity index (χ1n) is 7.65. The first kappa shape index (κ1) is 14.2. The summed E-state index contributed by atoms with van der Waals surface area (Å²) in [5.41, 5.74) is 1.53. The van der Waals surface area contributed by atoms with Crippen LogP contribution >= 0.6 is 0 Å². The lowest BCUT2D eigenvalue weighted by Gasteiger charge is -2.21. The predicted molar refractivity (Wildman–Crippen MR) is 83.9 cm³/mol. The summed E-state index contributed by atoms with van der Waals surface area (Å²) in [5.74, 6) is 0.361. The fourth-order valence-electron chi connectivity index (χ4n) is 3.17. The molecule has 1 aromatic carbocycles. The van der Waals surface area contributed by atoms with E-state index in [2.05, 4.69) is 9.97 Å². The van der Waals surface area contributed by atoms with E-state index < -0.39 is 0 Å². The third-order valence-corrected chi connectivity index (χ3v) is 4.31. The highest BCUT2D eigenvalue weighted by Gasteiger charge is 2.32. The minimum atomic E-state index is -0.354. The van der Waals surface area contributed by atoms with Crippen molar-refractivity contribution >= 4 is 22.4 Å². The van der Waals surface area contributed by atoms with Gasteiger partial charge in [-0.05, 0) is 31.0 Å². The van der Waals surface area contributed by atoms with E-state index in [0.717, 1.165) is 19.4 Å². The van der Waals surface area contributed by atoms with Gasteiger partial charge in [0.1, 0.15) is 23.2 Å². The number of aromatic amines is 1. The molecule has 0 spiro atoms. The van der Waals surface area contributed by atoms with E-state index in [1.54, 1.807) is 11.0 Å². The third kappa shape index (κ3) is 2.46. The number of nitrogens with one attached hydrogen (secondary N) is 2. The summed E-state index contributed by atoms with van der Waals surface area (Å²) in [6, 6.07) is 4.27. The number of aliphatic hydroxyl groups excluding tert-OH is 1. The highest BCUT2D eigenvalue weighted by Crippen LogP contribution is 2.28.